The molecule has 0 aliphatic carbocycles. The molecule has 1 atom stereocenters. The van der Waals surface area contributed by atoms with Crippen molar-refractivity contribution in [2.45, 2.75) is 45.6 Å². The van der Waals surface area contributed by atoms with E-state index in [-0.39, 0.29) is 31.3 Å². The average Bonchev–Trinajstić information content (AvgIpc) is 3.15. The number of rotatable bonds is 9. The number of esters is 2. The van der Waals surface area contributed by atoms with Crippen molar-refractivity contribution in [1.29, 1.82) is 0 Å². The molecule has 1 aliphatic heterocycles. The monoisotopic (exact) mass is 413 g/mol. The van der Waals surface area contributed by atoms with Crippen LogP contribution in [0.4, 0.5) is 4.79 Å². The second-order valence-electron chi connectivity index (χ2n) is 7.05. The molecule has 2 aromatic rings. The zero-order valence-electron chi connectivity index (χ0n) is 17.2. The summed E-state index contributed by atoms with van der Waals surface area (Å²) >= 11 is 0. The summed E-state index contributed by atoms with van der Waals surface area (Å²) in [5.41, 5.74) is 2.79. The number of H-pyrrole nitrogens is 1. The van der Waals surface area contributed by atoms with Crippen LogP contribution in [0.25, 0.3) is 10.9 Å². The van der Waals surface area contributed by atoms with E-state index in [1.54, 1.807) is 6.92 Å². The van der Waals surface area contributed by atoms with Gasteiger partial charge in [0.25, 0.3) is 0 Å². The summed E-state index contributed by atoms with van der Waals surface area (Å²) in [5.74, 6) is -0.909. The van der Waals surface area contributed by atoms with Gasteiger partial charge in [-0.15, -0.1) is 0 Å². The van der Waals surface area contributed by atoms with Crippen molar-refractivity contribution in [2.75, 3.05) is 13.2 Å². The number of urea groups is 1. The molecule has 0 unspecified atom stereocenters. The van der Waals surface area contributed by atoms with Gasteiger partial charge in [-0.05, 0) is 37.8 Å². The first kappa shape index (κ1) is 21.4. The Kier molecular flexibility index (Phi) is 7.11. The fourth-order valence-corrected chi connectivity index (χ4v) is 3.56. The van der Waals surface area contributed by atoms with E-state index in [0.29, 0.717) is 18.4 Å². The highest BCUT2D eigenvalue weighted by atomic mass is 16.5. The molecule has 30 heavy (non-hydrogen) atoms. The van der Waals surface area contributed by atoms with Gasteiger partial charge < -0.3 is 25.1 Å². The van der Waals surface area contributed by atoms with Gasteiger partial charge in [0.1, 0.15) is 6.61 Å². The summed E-state index contributed by atoms with van der Waals surface area (Å²) in [4.78, 5) is 39.6. The van der Waals surface area contributed by atoms with E-state index in [2.05, 4.69) is 15.6 Å². The van der Waals surface area contributed by atoms with Crippen LogP contribution >= 0.6 is 0 Å². The number of ether oxygens (including phenoxy) is 2. The molecule has 2 amide bonds. The SMILES string of the molecule is CCOC(=O)C1=C(COC(=O)CCCc2c[nH]c3ccccc23)NC(=O)N[C@@H]1CC. The zero-order chi connectivity index (χ0) is 21.5. The van der Waals surface area contributed by atoms with E-state index >= 15 is 0 Å². The van der Waals surface area contributed by atoms with Crippen LogP contribution in [0.5, 0.6) is 0 Å². The van der Waals surface area contributed by atoms with Crippen LogP contribution in [0.15, 0.2) is 41.7 Å². The molecular formula is C22H27N3O5. The number of nitrogens with one attached hydrogen (secondary N) is 3. The van der Waals surface area contributed by atoms with E-state index in [1.165, 1.54) is 0 Å². The van der Waals surface area contributed by atoms with Crippen molar-refractivity contribution in [3.05, 3.63) is 47.3 Å². The van der Waals surface area contributed by atoms with Gasteiger partial charge in [0.2, 0.25) is 0 Å². The predicted octanol–water partition coefficient (Wildman–Crippen LogP) is 2.94. The van der Waals surface area contributed by atoms with Gasteiger partial charge in [0.15, 0.2) is 0 Å². The summed E-state index contributed by atoms with van der Waals surface area (Å²) in [6, 6.07) is 7.11. The highest BCUT2D eigenvalue weighted by molar-refractivity contribution is 5.95. The van der Waals surface area contributed by atoms with Crippen molar-refractivity contribution < 1.29 is 23.9 Å². The summed E-state index contributed by atoms with van der Waals surface area (Å²) in [6.07, 6.45) is 4.10. The third kappa shape index (κ3) is 5.00. The zero-order valence-corrected chi connectivity index (χ0v) is 17.2. The lowest BCUT2D eigenvalue weighted by atomic mass is 10.0. The maximum absolute atomic E-state index is 12.3. The van der Waals surface area contributed by atoms with Gasteiger partial charge in [0.05, 0.1) is 23.9 Å². The van der Waals surface area contributed by atoms with E-state index < -0.39 is 18.0 Å². The van der Waals surface area contributed by atoms with E-state index in [0.717, 1.165) is 22.9 Å². The number of para-hydroxylation sites is 1. The van der Waals surface area contributed by atoms with Crippen molar-refractivity contribution in [2.24, 2.45) is 0 Å². The molecular weight excluding hydrogens is 386 g/mol. The van der Waals surface area contributed by atoms with E-state index in [4.69, 9.17) is 9.47 Å². The van der Waals surface area contributed by atoms with Crippen molar-refractivity contribution in [3.8, 4) is 0 Å². The summed E-state index contributed by atoms with van der Waals surface area (Å²) in [7, 11) is 0. The third-order valence-electron chi connectivity index (χ3n) is 5.03. The lowest BCUT2D eigenvalue weighted by Crippen LogP contribution is -2.51. The molecule has 0 saturated carbocycles. The molecule has 0 saturated heterocycles. The summed E-state index contributed by atoms with van der Waals surface area (Å²) in [5, 5.41) is 6.41. The van der Waals surface area contributed by atoms with Crippen molar-refractivity contribution in [3.63, 3.8) is 0 Å². The second-order valence-corrected chi connectivity index (χ2v) is 7.05. The Balaban J connectivity index is 1.57. The third-order valence-corrected chi connectivity index (χ3v) is 5.03. The number of carbonyl (C=O) groups excluding carboxylic acids is 3. The number of aromatic nitrogens is 1. The molecule has 0 radical (unpaired) electrons. The molecule has 8 nitrogen and oxygen atoms in total. The number of hydrogen-bond donors (Lipinski definition) is 3. The maximum atomic E-state index is 12.3. The van der Waals surface area contributed by atoms with Gasteiger partial charge in [0, 0.05) is 23.5 Å². The van der Waals surface area contributed by atoms with Crippen molar-refractivity contribution >= 4 is 28.9 Å². The molecule has 1 aromatic carbocycles. The molecule has 160 valence electrons. The van der Waals surface area contributed by atoms with Gasteiger partial charge in [-0.2, -0.15) is 0 Å². The topological polar surface area (TPSA) is 110 Å². The first-order valence-corrected chi connectivity index (χ1v) is 10.2. The minimum absolute atomic E-state index is 0.177. The summed E-state index contributed by atoms with van der Waals surface area (Å²) in [6.45, 7) is 3.60. The Morgan fingerprint density at radius 2 is 1.93 bits per heavy atom. The molecule has 3 rings (SSSR count). The van der Waals surface area contributed by atoms with Crippen LogP contribution in [-0.4, -0.2) is 42.2 Å². The number of carbonyl (C=O) groups is 3. The van der Waals surface area contributed by atoms with Crippen LogP contribution in [0, 0.1) is 0 Å². The van der Waals surface area contributed by atoms with Gasteiger partial charge in [-0.3, -0.25) is 4.79 Å². The van der Waals surface area contributed by atoms with Crippen LogP contribution in [0.3, 0.4) is 0 Å². The first-order valence-electron chi connectivity index (χ1n) is 10.2. The number of amides is 2. The van der Waals surface area contributed by atoms with E-state index in [1.807, 2.05) is 37.4 Å². The van der Waals surface area contributed by atoms with Crippen molar-refractivity contribution in [1.82, 2.24) is 15.6 Å². The normalized spacial score (nSPS) is 16.2. The highest BCUT2D eigenvalue weighted by Crippen LogP contribution is 2.20. The number of aromatic amines is 1. The van der Waals surface area contributed by atoms with Gasteiger partial charge in [-0.1, -0.05) is 25.1 Å². The molecule has 0 bridgehead atoms. The largest absolute Gasteiger partial charge is 0.463 e. The average molecular weight is 413 g/mol. The number of hydrogen-bond acceptors (Lipinski definition) is 5. The number of fused-ring (bicyclic) bond motifs is 1. The lowest BCUT2D eigenvalue weighted by molar-refractivity contribution is -0.143. The Morgan fingerprint density at radius 3 is 2.70 bits per heavy atom. The highest BCUT2D eigenvalue weighted by Gasteiger charge is 2.31. The van der Waals surface area contributed by atoms with Crippen LogP contribution in [0.1, 0.15) is 38.7 Å². The fourth-order valence-electron chi connectivity index (χ4n) is 3.56. The second kappa shape index (κ2) is 9.96. The van der Waals surface area contributed by atoms with Gasteiger partial charge >= 0.3 is 18.0 Å². The Bertz CT molecular complexity index is 963. The minimum Gasteiger partial charge on any atom is -0.463 e. The summed E-state index contributed by atoms with van der Waals surface area (Å²) < 4.78 is 10.4. The molecule has 0 spiro atoms. The Hall–Kier alpha value is -3.29. The maximum Gasteiger partial charge on any atom is 0.338 e. The first-order chi connectivity index (χ1) is 14.5. The Labute approximate surface area is 175 Å². The number of benzene rings is 1. The quantitative estimate of drug-likeness (QED) is 0.548. The molecule has 8 heteroatoms. The standard InChI is InChI=1S/C22H27N3O5/c1-3-16-20(21(27)29-4-2)18(25-22(28)24-16)13-30-19(26)11-7-8-14-12-23-17-10-6-5-9-15(14)17/h5-6,9-10,12,16,23H,3-4,7-8,11,13H2,1-2H3,(H2,24,25,28)/t16-/m1/s1. The smallest absolute Gasteiger partial charge is 0.338 e. The lowest BCUT2D eigenvalue weighted by Gasteiger charge is -2.28. The van der Waals surface area contributed by atoms with E-state index in [9.17, 15) is 14.4 Å². The molecule has 1 aromatic heterocycles. The van der Waals surface area contributed by atoms with Crippen LogP contribution < -0.4 is 10.6 Å². The Morgan fingerprint density at radius 1 is 1.13 bits per heavy atom. The minimum atomic E-state index is -0.526. The molecule has 1 aliphatic rings. The predicted molar refractivity (Wildman–Crippen MR) is 112 cm³/mol. The number of aryl methyl sites for hydroxylation is 1. The molecule has 0 fully saturated rings. The van der Waals surface area contributed by atoms with Gasteiger partial charge in [-0.25, -0.2) is 9.59 Å². The fraction of sp³-hybridized carbons (Fsp3) is 0.409. The van der Waals surface area contributed by atoms with Crippen LogP contribution in [0.2, 0.25) is 0 Å². The molecule has 3 N–H and O–H groups in total. The molecule has 2 heterocycles. The van der Waals surface area contributed by atoms with Crippen LogP contribution in [-0.2, 0) is 25.5 Å².